The summed E-state index contributed by atoms with van der Waals surface area (Å²) in [6, 6.07) is 7.34. The Bertz CT molecular complexity index is 1420. The monoisotopic (exact) mass is 493 g/mol. The summed E-state index contributed by atoms with van der Waals surface area (Å²) in [6.45, 7) is 5.89. The molecule has 1 aromatic carbocycles. The van der Waals surface area contributed by atoms with E-state index in [0.29, 0.717) is 36.0 Å². The lowest BCUT2D eigenvalue weighted by Crippen LogP contribution is -2.36. The lowest BCUT2D eigenvalue weighted by Gasteiger charge is -2.30. The van der Waals surface area contributed by atoms with Crippen molar-refractivity contribution in [2.75, 3.05) is 24.5 Å². The molecule has 3 aliphatic rings. The van der Waals surface area contributed by atoms with Crippen LogP contribution in [0.2, 0.25) is 0 Å². The Morgan fingerprint density at radius 1 is 1.06 bits per heavy atom. The molecular formula is C26H31N5O3S. The number of sulfonamides is 1. The molecule has 1 amide bonds. The van der Waals surface area contributed by atoms with Crippen LogP contribution in [0.25, 0.3) is 11.0 Å². The number of nitrogens with zero attached hydrogens (tertiary/aromatic N) is 5. The minimum atomic E-state index is -3.49. The number of fused-ring (bicyclic) bond motifs is 2. The number of carbonyl (C=O) groups is 1. The number of anilines is 1. The largest absolute Gasteiger partial charge is 0.308 e. The molecule has 1 aliphatic carbocycles. The van der Waals surface area contributed by atoms with E-state index >= 15 is 0 Å². The fraction of sp³-hybridized carbons (Fsp3) is 0.500. The number of aromatic nitrogens is 3. The molecule has 0 unspecified atom stereocenters. The summed E-state index contributed by atoms with van der Waals surface area (Å²) in [4.78, 5) is 21.0. The Balaban J connectivity index is 1.39. The highest BCUT2D eigenvalue weighted by atomic mass is 32.2. The summed E-state index contributed by atoms with van der Waals surface area (Å²) in [6.07, 6.45) is 7.31. The van der Waals surface area contributed by atoms with Gasteiger partial charge in [-0.3, -0.25) is 4.79 Å². The molecule has 0 atom stereocenters. The summed E-state index contributed by atoms with van der Waals surface area (Å²) < 4.78 is 29.7. The molecule has 184 valence electrons. The number of hydrogen-bond donors (Lipinski definition) is 0. The molecule has 0 radical (unpaired) electrons. The van der Waals surface area contributed by atoms with Crippen LogP contribution in [0.5, 0.6) is 0 Å². The minimum Gasteiger partial charge on any atom is -0.308 e. The van der Waals surface area contributed by atoms with E-state index in [9.17, 15) is 13.2 Å². The maximum Gasteiger partial charge on any atom is 0.259 e. The first-order valence-electron chi connectivity index (χ1n) is 12.7. The number of pyridine rings is 1. The molecule has 0 N–H and O–H groups in total. The minimum absolute atomic E-state index is 0.0706. The summed E-state index contributed by atoms with van der Waals surface area (Å²) in [5.74, 6) is 0.340. The van der Waals surface area contributed by atoms with Crippen molar-refractivity contribution in [1.82, 2.24) is 19.1 Å². The summed E-state index contributed by atoms with van der Waals surface area (Å²) in [5, 5.41) is 5.31. The highest BCUT2D eigenvalue weighted by molar-refractivity contribution is 7.89. The second-order valence-corrected chi connectivity index (χ2v) is 12.2. The van der Waals surface area contributed by atoms with Gasteiger partial charge in [0.05, 0.1) is 22.0 Å². The average Bonchev–Trinajstić information content (AvgIpc) is 3.37. The zero-order valence-electron chi connectivity index (χ0n) is 20.3. The molecule has 4 heterocycles. The average molecular weight is 494 g/mol. The van der Waals surface area contributed by atoms with E-state index in [4.69, 9.17) is 4.98 Å². The zero-order chi connectivity index (χ0) is 24.3. The lowest BCUT2D eigenvalue weighted by molar-refractivity contribution is 0.0986. The molecular weight excluding hydrogens is 462 g/mol. The third kappa shape index (κ3) is 3.85. The Hall–Kier alpha value is -2.78. The van der Waals surface area contributed by atoms with Gasteiger partial charge in [0.25, 0.3) is 5.91 Å². The highest BCUT2D eigenvalue weighted by Crippen LogP contribution is 2.41. The van der Waals surface area contributed by atoms with Crippen LogP contribution in [-0.2, 0) is 16.4 Å². The molecule has 2 fully saturated rings. The van der Waals surface area contributed by atoms with Crippen LogP contribution >= 0.6 is 0 Å². The van der Waals surface area contributed by atoms with Gasteiger partial charge >= 0.3 is 0 Å². The third-order valence-electron chi connectivity index (χ3n) is 7.42. The molecule has 2 aromatic heterocycles. The summed E-state index contributed by atoms with van der Waals surface area (Å²) >= 11 is 0. The smallest absolute Gasteiger partial charge is 0.259 e. The van der Waals surface area contributed by atoms with E-state index in [0.717, 1.165) is 66.5 Å². The van der Waals surface area contributed by atoms with Gasteiger partial charge in [0.15, 0.2) is 5.65 Å². The molecule has 35 heavy (non-hydrogen) atoms. The third-order valence-corrected chi connectivity index (χ3v) is 9.31. The van der Waals surface area contributed by atoms with Crippen LogP contribution in [0, 0.1) is 0 Å². The van der Waals surface area contributed by atoms with Crippen molar-refractivity contribution in [1.29, 1.82) is 0 Å². The Kier molecular flexibility index (Phi) is 5.45. The molecule has 9 heteroatoms. The molecule has 2 aliphatic heterocycles. The van der Waals surface area contributed by atoms with Gasteiger partial charge in [-0.1, -0.05) is 0 Å². The SMILES string of the molecule is CC(C)n1ncc2c(C(=O)N3CCCc4cc(S(=O)(=O)N5CCCC5)ccc43)cc(C3CC3)nc21. The van der Waals surface area contributed by atoms with Crippen molar-refractivity contribution in [2.45, 2.75) is 69.2 Å². The highest BCUT2D eigenvalue weighted by Gasteiger charge is 2.32. The predicted molar refractivity (Wildman–Crippen MR) is 134 cm³/mol. The first-order valence-corrected chi connectivity index (χ1v) is 14.1. The number of hydrogen-bond acceptors (Lipinski definition) is 5. The standard InChI is InChI=1S/C26H31N5O3S/c1-17(2)31-25-22(16-27-31)21(15-23(28-25)18-7-8-18)26(32)30-13-5-6-19-14-20(9-10-24(19)30)35(33,34)29-11-3-4-12-29/h9-10,14-18H,3-8,11-13H2,1-2H3. The fourth-order valence-electron chi connectivity index (χ4n) is 5.35. The molecule has 6 rings (SSSR count). The van der Waals surface area contributed by atoms with E-state index in [1.165, 1.54) is 0 Å². The van der Waals surface area contributed by atoms with Crippen LogP contribution in [-0.4, -0.2) is 53.0 Å². The van der Waals surface area contributed by atoms with Crippen LogP contribution in [0.3, 0.4) is 0 Å². The van der Waals surface area contributed by atoms with E-state index in [-0.39, 0.29) is 11.9 Å². The summed E-state index contributed by atoms with van der Waals surface area (Å²) in [7, 11) is -3.49. The van der Waals surface area contributed by atoms with Crippen LogP contribution in [0.1, 0.15) is 79.5 Å². The Morgan fingerprint density at radius 3 is 2.54 bits per heavy atom. The van der Waals surface area contributed by atoms with Gasteiger partial charge < -0.3 is 4.90 Å². The van der Waals surface area contributed by atoms with Crippen molar-refractivity contribution >= 4 is 32.7 Å². The first kappa shape index (κ1) is 22.7. The van der Waals surface area contributed by atoms with E-state index in [1.54, 1.807) is 22.6 Å². The van der Waals surface area contributed by atoms with Crippen molar-refractivity contribution in [3.8, 4) is 0 Å². The molecule has 3 aromatic rings. The van der Waals surface area contributed by atoms with E-state index in [1.807, 2.05) is 21.7 Å². The second kappa shape index (κ2) is 8.41. The van der Waals surface area contributed by atoms with Crippen LogP contribution < -0.4 is 4.90 Å². The van der Waals surface area contributed by atoms with Crippen molar-refractivity contribution in [3.05, 3.63) is 47.3 Å². The Labute approximate surface area is 206 Å². The number of amides is 1. The van der Waals surface area contributed by atoms with Crippen molar-refractivity contribution in [3.63, 3.8) is 0 Å². The van der Waals surface area contributed by atoms with Gasteiger partial charge in [0, 0.05) is 43.0 Å². The van der Waals surface area contributed by atoms with Crippen molar-refractivity contribution in [2.24, 2.45) is 0 Å². The first-order chi connectivity index (χ1) is 16.8. The van der Waals surface area contributed by atoms with Gasteiger partial charge in [-0.25, -0.2) is 18.1 Å². The predicted octanol–water partition coefficient (Wildman–Crippen LogP) is 4.27. The van der Waals surface area contributed by atoms with E-state index < -0.39 is 10.0 Å². The van der Waals surface area contributed by atoms with Gasteiger partial charge in [0.2, 0.25) is 10.0 Å². The number of aryl methyl sites for hydroxylation is 1. The molecule has 0 bridgehead atoms. The molecule has 0 spiro atoms. The maximum absolute atomic E-state index is 14.0. The van der Waals surface area contributed by atoms with Crippen LogP contribution in [0.15, 0.2) is 35.4 Å². The summed E-state index contributed by atoms with van der Waals surface area (Å²) in [5.41, 5.74) is 4.07. The quantitative estimate of drug-likeness (QED) is 0.530. The normalized spacial score (nSPS) is 19.0. The Morgan fingerprint density at radius 2 is 1.83 bits per heavy atom. The number of rotatable bonds is 5. The number of carbonyl (C=O) groups excluding carboxylic acids is 1. The molecule has 1 saturated carbocycles. The number of benzene rings is 1. The molecule has 8 nitrogen and oxygen atoms in total. The van der Waals surface area contributed by atoms with Crippen molar-refractivity contribution < 1.29 is 13.2 Å². The molecule has 1 saturated heterocycles. The van der Waals surface area contributed by atoms with E-state index in [2.05, 4.69) is 18.9 Å². The maximum atomic E-state index is 14.0. The van der Waals surface area contributed by atoms with Gasteiger partial charge in [-0.2, -0.15) is 9.40 Å². The van der Waals surface area contributed by atoms with Crippen LogP contribution in [0.4, 0.5) is 5.69 Å². The fourth-order valence-corrected chi connectivity index (χ4v) is 6.92. The topological polar surface area (TPSA) is 88.4 Å². The zero-order valence-corrected chi connectivity index (χ0v) is 21.1. The van der Waals surface area contributed by atoms with Gasteiger partial charge in [0.1, 0.15) is 0 Å². The lowest BCUT2D eigenvalue weighted by atomic mass is 10.00. The van der Waals surface area contributed by atoms with Gasteiger partial charge in [-0.05, 0) is 82.2 Å². The second-order valence-electron chi connectivity index (χ2n) is 10.3. The van der Waals surface area contributed by atoms with Gasteiger partial charge in [-0.15, -0.1) is 0 Å².